The molecule has 1 heterocycles. The van der Waals surface area contributed by atoms with Crippen LogP contribution in [-0.4, -0.2) is 13.4 Å². The van der Waals surface area contributed by atoms with Crippen LogP contribution in [0.4, 0.5) is 10.1 Å². The molecule has 0 radical (unpaired) electrons. The maximum Gasteiger partial charge on any atom is 0.241 e. The minimum Gasteiger partial charge on any atom is -0.399 e. The molecule has 0 atom stereocenters. The van der Waals surface area contributed by atoms with Gasteiger partial charge in [0.1, 0.15) is 5.82 Å². The molecule has 1 aromatic carbocycles. The first-order valence-electron chi connectivity index (χ1n) is 6.26. The Morgan fingerprint density at radius 2 is 2.00 bits per heavy atom. The van der Waals surface area contributed by atoms with Crippen LogP contribution in [0, 0.1) is 19.7 Å². The predicted molar refractivity (Wildman–Crippen MR) is 78.5 cm³/mol. The van der Waals surface area contributed by atoms with Gasteiger partial charge in [-0.2, -0.15) is 0 Å². The summed E-state index contributed by atoms with van der Waals surface area (Å²) in [4.78, 5) is 3.93. The maximum atomic E-state index is 13.6. The van der Waals surface area contributed by atoms with Crippen LogP contribution in [-0.2, 0) is 16.6 Å². The third-order valence-electron chi connectivity index (χ3n) is 3.05. The molecule has 1 aromatic heterocycles. The van der Waals surface area contributed by atoms with Gasteiger partial charge in [-0.15, -0.1) is 0 Å². The first-order chi connectivity index (χ1) is 9.79. The number of nitrogens with one attached hydrogen (secondary N) is 1. The summed E-state index contributed by atoms with van der Waals surface area (Å²) in [6.07, 6.45) is 1.59. The molecule has 0 bridgehead atoms. The first-order valence-corrected chi connectivity index (χ1v) is 7.75. The summed E-state index contributed by atoms with van der Waals surface area (Å²) < 4.78 is 40.5. The van der Waals surface area contributed by atoms with Crippen molar-refractivity contribution < 1.29 is 12.8 Å². The molecule has 0 fully saturated rings. The Labute approximate surface area is 123 Å². The number of nitrogens with zero attached hydrogens (tertiary/aromatic N) is 1. The first kappa shape index (κ1) is 15.4. The quantitative estimate of drug-likeness (QED) is 0.845. The zero-order valence-electron chi connectivity index (χ0n) is 11.7. The second kappa shape index (κ2) is 5.79. The van der Waals surface area contributed by atoms with E-state index in [1.54, 1.807) is 18.3 Å². The number of pyridine rings is 1. The molecule has 2 rings (SSSR count). The smallest absolute Gasteiger partial charge is 0.241 e. The standard InChI is InChI=1S/C14H16FN3O2S/c1-9-3-4-11(7-17-9)8-18-21(19,20)14-6-12(16)5-13(15)10(14)2/h3-7,18H,8,16H2,1-2H3. The van der Waals surface area contributed by atoms with E-state index in [9.17, 15) is 12.8 Å². The Hall–Kier alpha value is -1.99. The summed E-state index contributed by atoms with van der Waals surface area (Å²) >= 11 is 0. The van der Waals surface area contributed by atoms with Gasteiger partial charge in [-0.1, -0.05) is 6.07 Å². The van der Waals surface area contributed by atoms with E-state index in [2.05, 4.69) is 9.71 Å². The Kier molecular flexibility index (Phi) is 4.24. The molecule has 0 spiro atoms. The number of hydrogen-bond donors (Lipinski definition) is 2. The number of anilines is 1. The summed E-state index contributed by atoms with van der Waals surface area (Å²) in [5.74, 6) is -0.646. The number of halogens is 1. The van der Waals surface area contributed by atoms with Crippen molar-refractivity contribution in [2.45, 2.75) is 25.3 Å². The van der Waals surface area contributed by atoms with Crippen molar-refractivity contribution in [3.63, 3.8) is 0 Å². The van der Waals surface area contributed by atoms with Crippen molar-refractivity contribution in [3.05, 3.63) is 53.1 Å². The highest BCUT2D eigenvalue weighted by atomic mass is 32.2. The van der Waals surface area contributed by atoms with E-state index in [0.717, 1.165) is 11.8 Å². The zero-order chi connectivity index (χ0) is 15.6. The Balaban J connectivity index is 2.25. The van der Waals surface area contributed by atoms with Gasteiger partial charge in [-0.25, -0.2) is 17.5 Å². The lowest BCUT2D eigenvalue weighted by molar-refractivity contribution is 0.574. The highest BCUT2D eigenvalue weighted by Gasteiger charge is 2.19. The Bertz CT molecular complexity index is 759. The third-order valence-corrected chi connectivity index (χ3v) is 4.57. The predicted octanol–water partition coefficient (Wildman–Crippen LogP) is 1.90. The highest BCUT2D eigenvalue weighted by Crippen LogP contribution is 2.21. The van der Waals surface area contributed by atoms with Gasteiger partial charge in [0.25, 0.3) is 0 Å². The lowest BCUT2D eigenvalue weighted by atomic mass is 10.2. The van der Waals surface area contributed by atoms with E-state index in [-0.39, 0.29) is 22.7 Å². The summed E-state index contributed by atoms with van der Waals surface area (Å²) in [6, 6.07) is 5.90. The number of aryl methyl sites for hydroxylation is 1. The molecular weight excluding hydrogens is 293 g/mol. The van der Waals surface area contributed by atoms with Crippen molar-refractivity contribution in [1.29, 1.82) is 0 Å². The number of nitrogen functional groups attached to an aromatic ring is 1. The molecule has 0 unspecified atom stereocenters. The van der Waals surface area contributed by atoms with E-state index >= 15 is 0 Å². The van der Waals surface area contributed by atoms with Crippen LogP contribution in [0.1, 0.15) is 16.8 Å². The molecule has 2 aromatic rings. The van der Waals surface area contributed by atoms with Gasteiger partial charge in [0.2, 0.25) is 10.0 Å². The lowest BCUT2D eigenvalue weighted by Crippen LogP contribution is -2.24. The second-order valence-electron chi connectivity index (χ2n) is 4.76. The van der Waals surface area contributed by atoms with Gasteiger partial charge in [0, 0.05) is 29.7 Å². The lowest BCUT2D eigenvalue weighted by Gasteiger charge is -2.11. The van der Waals surface area contributed by atoms with Crippen molar-refractivity contribution in [2.24, 2.45) is 0 Å². The average molecular weight is 309 g/mol. The van der Waals surface area contributed by atoms with Crippen LogP contribution in [0.15, 0.2) is 35.4 Å². The maximum absolute atomic E-state index is 13.6. The van der Waals surface area contributed by atoms with E-state index in [1.807, 2.05) is 6.92 Å². The number of benzene rings is 1. The van der Waals surface area contributed by atoms with Crippen LogP contribution in [0.5, 0.6) is 0 Å². The van der Waals surface area contributed by atoms with Gasteiger partial charge < -0.3 is 5.73 Å². The number of rotatable bonds is 4. The van der Waals surface area contributed by atoms with Crippen molar-refractivity contribution >= 4 is 15.7 Å². The van der Waals surface area contributed by atoms with Crippen molar-refractivity contribution in [2.75, 3.05) is 5.73 Å². The zero-order valence-corrected chi connectivity index (χ0v) is 12.5. The second-order valence-corrected chi connectivity index (χ2v) is 6.49. The van der Waals surface area contributed by atoms with Crippen molar-refractivity contribution in [3.8, 4) is 0 Å². The van der Waals surface area contributed by atoms with Crippen LogP contribution in [0.25, 0.3) is 0 Å². The summed E-state index contributed by atoms with van der Waals surface area (Å²) in [7, 11) is -3.84. The fourth-order valence-electron chi connectivity index (χ4n) is 1.81. The largest absolute Gasteiger partial charge is 0.399 e. The molecule has 112 valence electrons. The van der Waals surface area contributed by atoms with Gasteiger partial charge in [-0.3, -0.25) is 4.98 Å². The number of nitrogens with two attached hydrogens (primary N) is 1. The van der Waals surface area contributed by atoms with Gasteiger partial charge in [-0.05, 0) is 37.6 Å². The van der Waals surface area contributed by atoms with Crippen LogP contribution >= 0.6 is 0 Å². The van der Waals surface area contributed by atoms with E-state index in [1.165, 1.54) is 13.0 Å². The van der Waals surface area contributed by atoms with E-state index in [4.69, 9.17) is 5.73 Å². The molecule has 0 saturated heterocycles. The van der Waals surface area contributed by atoms with E-state index in [0.29, 0.717) is 5.56 Å². The fraction of sp³-hybridized carbons (Fsp3) is 0.214. The van der Waals surface area contributed by atoms with Gasteiger partial charge in [0.15, 0.2) is 0 Å². The molecule has 0 saturated carbocycles. The normalized spacial score (nSPS) is 11.6. The van der Waals surface area contributed by atoms with Crippen LogP contribution in [0.2, 0.25) is 0 Å². The van der Waals surface area contributed by atoms with Crippen molar-refractivity contribution in [1.82, 2.24) is 9.71 Å². The topological polar surface area (TPSA) is 85.1 Å². The SMILES string of the molecule is Cc1ccc(CNS(=O)(=O)c2cc(N)cc(F)c2C)cn1. The highest BCUT2D eigenvalue weighted by molar-refractivity contribution is 7.89. The molecule has 0 aliphatic carbocycles. The van der Waals surface area contributed by atoms with Crippen LogP contribution in [0.3, 0.4) is 0 Å². The summed E-state index contributed by atoms with van der Waals surface area (Å²) in [6.45, 7) is 3.31. The van der Waals surface area contributed by atoms with Gasteiger partial charge >= 0.3 is 0 Å². The molecule has 0 amide bonds. The number of aromatic nitrogens is 1. The molecule has 5 nitrogen and oxygen atoms in total. The minimum atomic E-state index is -3.84. The monoisotopic (exact) mass is 309 g/mol. The number of sulfonamides is 1. The Morgan fingerprint density at radius 3 is 2.62 bits per heavy atom. The fourth-order valence-corrected chi connectivity index (χ4v) is 3.12. The van der Waals surface area contributed by atoms with Gasteiger partial charge in [0.05, 0.1) is 4.90 Å². The number of hydrogen-bond acceptors (Lipinski definition) is 4. The molecule has 7 heteroatoms. The summed E-state index contributed by atoms with van der Waals surface area (Å²) in [5, 5.41) is 0. The van der Waals surface area contributed by atoms with Crippen LogP contribution < -0.4 is 10.5 Å². The molecule has 0 aliphatic rings. The summed E-state index contributed by atoms with van der Waals surface area (Å²) in [5.41, 5.74) is 7.17. The third kappa shape index (κ3) is 3.56. The molecule has 3 N–H and O–H groups in total. The Morgan fingerprint density at radius 1 is 1.29 bits per heavy atom. The molecular formula is C14H16FN3O2S. The average Bonchev–Trinajstić information content (AvgIpc) is 2.42. The molecule has 21 heavy (non-hydrogen) atoms. The van der Waals surface area contributed by atoms with E-state index < -0.39 is 15.8 Å². The molecule has 0 aliphatic heterocycles. The minimum absolute atomic E-state index is 0.0405.